The molecule has 3 aromatic rings. The maximum absolute atomic E-state index is 13.0. The molecule has 0 radical (unpaired) electrons. The molecule has 8 heteroatoms. The van der Waals surface area contributed by atoms with Crippen LogP contribution in [0.1, 0.15) is 34.7 Å². The zero-order chi connectivity index (χ0) is 25.9. The van der Waals surface area contributed by atoms with E-state index in [-0.39, 0.29) is 30.9 Å². The number of nitrogens with zero attached hydrogens (tertiary/aromatic N) is 1. The lowest BCUT2D eigenvalue weighted by atomic mass is 9.97. The molecule has 1 aliphatic carbocycles. The van der Waals surface area contributed by atoms with Crippen molar-refractivity contribution in [2.24, 2.45) is 0 Å². The van der Waals surface area contributed by atoms with E-state index in [4.69, 9.17) is 9.47 Å². The highest BCUT2D eigenvalue weighted by Gasteiger charge is 2.40. The van der Waals surface area contributed by atoms with Gasteiger partial charge in [-0.1, -0.05) is 48.5 Å². The second-order valence-corrected chi connectivity index (χ2v) is 8.21. The first-order valence-electron chi connectivity index (χ1n) is 11.4. The third-order valence-corrected chi connectivity index (χ3v) is 5.78. The number of hydrogen-bond donors (Lipinski definition) is 1. The minimum Gasteiger partial charge on any atom is -0.493 e. The number of carbonyl (C=O) groups is 1. The van der Waals surface area contributed by atoms with E-state index in [0.29, 0.717) is 22.4 Å². The summed E-state index contributed by atoms with van der Waals surface area (Å²) in [5, 5.41) is 10.5. The molecule has 1 N–H and O–H groups in total. The minimum absolute atomic E-state index is 0.147. The number of alkyl halides is 3. The molecule has 0 aromatic heterocycles. The van der Waals surface area contributed by atoms with Crippen LogP contribution in [0.25, 0.3) is 5.57 Å². The van der Waals surface area contributed by atoms with Gasteiger partial charge in [0.1, 0.15) is 11.3 Å². The molecule has 5 nitrogen and oxygen atoms in total. The van der Waals surface area contributed by atoms with Gasteiger partial charge in [0.25, 0.3) is 5.71 Å². The van der Waals surface area contributed by atoms with E-state index in [2.05, 4.69) is 0 Å². The molecule has 0 spiro atoms. The van der Waals surface area contributed by atoms with Crippen LogP contribution in [0, 0.1) is 0 Å². The predicted molar refractivity (Wildman–Crippen MR) is 128 cm³/mol. The molecule has 4 rings (SSSR count). The average molecular weight is 497 g/mol. The monoisotopic (exact) mass is 496 g/mol. The Labute approximate surface area is 206 Å². The Hall–Kier alpha value is -4.07. The third-order valence-electron chi connectivity index (χ3n) is 5.78. The Bertz CT molecular complexity index is 1340. The Kier molecular flexibility index (Phi) is 7.15. The summed E-state index contributed by atoms with van der Waals surface area (Å²) in [6, 6.07) is 19.7. The van der Waals surface area contributed by atoms with Crippen LogP contribution in [-0.2, 0) is 22.1 Å². The van der Waals surface area contributed by atoms with Gasteiger partial charge >= 0.3 is 12.1 Å². The first-order chi connectivity index (χ1) is 17.2. The fourth-order valence-electron chi connectivity index (χ4n) is 4.25. The van der Waals surface area contributed by atoms with Gasteiger partial charge in [0.15, 0.2) is 7.05 Å². The Morgan fingerprint density at radius 3 is 2.39 bits per heavy atom. The Balaban J connectivity index is 1.64. The minimum atomic E-state index is -4.40. The topological polar surface area (TPSA) is 58.8 Å². The molecule has 186 valence electrons. The number of rotatable bonds is 7. The number of hydrogen-bond acceptors (Lipinski definition) is 4. The maximum Gasteiger partial charge on any atom is 0.416 e. The van der Waals surface area contributed by atoms with Crippen LogP contribution >= 0.6 is 0 Å². The summed E-state index contributed by atoms with van der Waals surface area (Å²) < 4.78 is 51.0. The standard InChI is InChI=1S/C28H25F3NO4/c1-3-35-27(33)25-24(19-9-5-4-6-10-19)22-13-12-21(17-23(22)26(25)32(2)34)36-15-14-18-8-7-11-20(16-18)28(29,30)31/h4-13,16-17,34H,3,14-15H2,1-2H3/q+1. The van der Waals surface area contributed by atoms with Gasteiger partial charge in [0.2, 0.25) is 0 Å². The van der Waals surface area contributed by atoms with Gasteiger partial charge < -0.3 is 9.47 Å². The van der Waals surface area contributed by atoms with Gasteiger partial charge in [0, 0.05) is 12.0 Å². The molecule has 0 fully saturated rings. The molecule has 0 saturated carbocycles. The zero-order valence-corrected chi connectivity index (χ0v) is 19.8. The molecule has 0 bridgehead atoms. The summed E-state index contributed by atoms with van der Waals surface area (Å²) in [6.07, 6.45) is -4.13. The number of ether oxygens (including phenoxy) is 2. The molecule has 3 aromatic carbocycles. The molecule has 0 amide bonds. The molecular formula is C28H25F3NO4+. The quantitative estimate of drug-likeness (QED) is 0.202. The fourth-order valence-corrected chi connectivity index (χ4v) is 4.25. The van der Waals surface area contributed by atoms with Crippen molar-refractivity contribution >= 4 is 17.3 Å². The number of carbonyl (C=O) groups excluding carboxylic acids is 1. The normalized spacial score (nSPS) is 14.5. The molecule has 0 atom stereocenters. The number of halogens is 3. The SMILES string of the molecule is CCOC(=O)C1=C(c2ccccc2)c2ccc(OCCc3cccc(C(F)(F)F)c3)cc2C1=[N+](C)O. The zero-order valence-electron chi connectivity index (χ0n) is 19.8. The summed E-state index contributed by atoms with van der Waals surface area (Å²) in [7, 11) is 1.42. The number of fused-ring (bicyclic) bond motifs is 1. The van der Waals surface area contributed by atoms with Crippen molar-refractivity contribution in [3.63, 3.8) is 0 Å². The smallest absolute Gasteiger partial charge is 0.416 e. The number of benzene rings is 3. The molecule has 0 saturated heterocycles. The molecule has 1 aliphatic rings. The summed E-state index contributed by atoms with van der Waals surface area (Å²) in [6.45, 7) is 2.03. The Morgan fingerprint density at radius 1 is 0.972 bits per heavy atom. The molecule has 0 unspecified atom stereocenters. The third kappa shape index (κ3) is 5.12. The van der Waals surface area contributed by atoms with Gasteiger partial charge in [-0.25, -0.2) is 4.79 Å². The van der Waals surface area contributed by atoms with Gasteiger partial charge in [-0.15, -0.1) is 0 Å². The van der Waals surface area contributed by atoms with Crippen molar-refractivity contribution in [3.8, 4) is 5.75 Å². The predicted octanol–water partition coefficient (Wildman–Crippen LogP) is 5.53. The first-order valence-corrected chi connectivity index (χ1v) is 11.4. The van der Waals surface area contributed by atoms with Crippen molar-refractivity contribution in [3.05, 3.63) is 106 Å². The lowest BCUT2D eigenvalue weighted by Crippen LogP contribution is -2.22. The largest absolute Gasteiger partial charge is 0.493 e. The second-order valence-electron chi connectivity index (χ2n) is 8.21. The van der Waals surface area contributed by atoms with Crippen LogP contribution in [0.15, 0.2) is 78.4 Å². The second kappa shape index (κ2) is 10.3. The van der Waals surface area contributed by atoms with Crippen LogP contribution < -0.4 is 4.74 Å². The van der Waals surface area contributed by atoms with Crippen molar-refractivity contribution in [2.45, 2.75) is 19.5 Å². The molecule has 0 aliphatic heterocycles. The van der Waals surface area contributed by atoms with E-state index in [9.17, 15) is 23.2 Å². The summed E-state index contributed by atoms with van der Waals surface area (Å²) in [4.78, 5) is 13.0. The number of hydroxylamine groups is 1. The van der Waals surface area contributed by atoms with Crippen molar-refractivity contribution in [1.82, 2.24) is 0 Å². The number of esters is 1. The van der Waals surface area contributed by atoms with Crippen LogP contribution in [-0.4, -0.2) is 41.9 Å². The van der Waals surface area contributed by atoms with E-state index < -0.39 is 17.7 Å². The molecular weight excluding hydrogens is 471 g/mol. The van der Waals surface area contributed by atoms with Crippen LogP contribution in [0.5, 0.6) is 5.75 Å². The fraction of sp³-hybridized carbons (Fsp3) is 0.214. The van der Waals surface area contributed by atoms with Crippen LogP contribution in [0.3, 0.4) is 0 Å². The van der Waals surface area contributed by atoms with Gasteiger partial charge in [-0.2, -0.15) is 13.2 Å². The maximum atomic E-state index is 13.0. The van der Waals surface area contributed by atoms with E-state index in [1.807, 2.05) is 30.3 Å². The van der Waals surface area contributed by atoms with Gasteiger partial charge in [-0.3, -0.25) is 5.21 Å². The summed E-state index contributed by atoms with van der Waals surface area (Å²) in [5.41, 5.74) is 3.06. The van der Waals surface area contributed by atoms with Crippen molar-refractivity contribution in [2.75, 3.05) is 20.3 Å². The van der Waals surface area contributed by atoms with Gasteiger partial charge in [-0.05, 0) is 52.6 Å². The van der Waals surface area contributed by atoms with Crippen LogP contribution in [0.2, 0.25) is 0 Å². The van der Waals surface area contributed by atoms with E-state index in [1.165, 1.54) is 13.1 Å². The molecule has 0 heterocycles. The highest BCUT2D eigenvalue weighted by atomic mass is 19.4. The highest BCUT2D eigenvalue weighted by Crippen LogP contribution is 2.40. The van der Waals surface area contributed by atoms with E-state index in [1.54, 1.807) is 31.2 Å². The molecule has 36 heavy (non-hydrogen) atoms. The summed E-state index contributed by atoms with van der Waals surface area (Å²) in [5.74, 6) is -0.104. The lowest BCUT2D eigenvalue weighted by Gasteiger charge is -2.11. The first kappa shape index (κ1) is 25.0. The Morgan fingerprint density at radius 2 is 1.72 bits per heavy atom. The van der Waals surface area contributed by atoms with E-state index >= 15 is 0 Å². The van der Waals surface area contributed by atoms with Crippen LogP contribution in [0.4, 0.5) is 13.2 Å². The highest BCUT2D eigenvalue weighted by molar-refractivity contribution is 6.35. The average Bonchev–Trinajstić information content (AvgIpc) is 3.19. The summed E-state index contributed by atoms with van der Waals surface area (Å²) >= 11 is 0. The van der Waals surface area contributed by atoms with Crippen molar-refractivity contribution in [1.29, 1.82) is 0 Å². The van der Waals surface area contributed by atoms with E-state index in [0.717, 1.165) is 28.0 Å². The lowest BCUT2D eigenvalue weighted by molar-refractivity contribution is -0.753. The van der Waals surface area contributed by atoms with Crippen molar-refractivity contribution < 1.29 is 37.4 Å². The van der Waals surface area contributed by atoms with Gasteiger partial charge in [0.05, 0.1) is 24.3 Å².